The molecule has 6 nitrogen and oxygen atoms in total. The Morgan fingerprint density at radius 1 is 1.15 bits per heavy atom. The first-order valence-electron chi connectivity index (χ1n) is 9.68. The van der Waals surface area contributed by atoms with Crippen LogP contribution in [0.15, 0.2) is 24.3 Å². The monoisotopic (exact) mass is 361 g/mol. The van der Waals surface area contributed by atoms with Crippen molar-refractivity contribution in [1.82, 2.24) is 15.1 Å². The summed E-state index contributed by atoms with van der Waals surface area (Å²) >= 11 is 0. The van der Waals surface area contributed by atoms with Crippen molar-refractivity contribution in [3.63, 3.8) is 0 Å². The Morgan fingerprint density at radius 3 is 2.62 bits per heavy atom. The molecule has 0 aliphatic carbocycles. The number of carbonyl (C=O) groups is 1. The number of hydrogen-bond acceptors (Lipinski definition) is 5. The molecule has 0 unspecified atom stereocenters. The maximum atomic E-state index is 12.4. The molecule has 2 heterocycles. The summed E-state index contributed by atoms with van der Waals surface area (Å²) in [4.78, 5) is 17.2. The van der Waals surface area contributed by atoms with E-state index in [4.69, 9.17) is 9.47 Å². The standard InChI is InChI=1S/C20H31N3O3/c1-25-19-5-3-2-4-18(19)16-23-9-6-17(7-10-23)20(24)21-8-11-22-12-14-26-15-13-22/h2-5,17H,6-16H2,1H3,(H,21,24). The molecule has 2 aliphatic heterocycles. The Labute approximate surface area is 156 Å². The molecule has 2 fully saturated rings. The van der Waals surface area contributed by atoms with Crippen molar-refractivity contribution in [1.29, 1.82) is 0 Å². The lowest BCUT2D eigenvalue weighted by molar-refractivity contribution is -0.126. The van der Waals surface area contributed by atoms with Gasteiger partial charge < -0.3 is 14.8 Å². The van der Waals surface area contributed by atoms with Gasteiger partial charge in [0, 0.05) is 44.2 Å². The molecule has 0 saturated carbocycles. The fourth-order valence-electron chi connectivity index (χ4n) is 3.73. The normalized spacial score (nSPS) is 20.0. The van der Waals surface area contributed by atoms with Crippen LogP contribution in [0.4, 0.5) is 0 Å². The molecule has 1 N–H and O–H groups in total. The molecule has 1 amide bonds. The molecule has 2 saturated heterocycles. The Bertz CT molecular complexity index is 567. The molecule has 1 aromatic carbocycles. The average Bonchev–Trinajstić information content (AvgIpc) is 2.70. The van der Waals surface area contributed by atoms with Gasteiger partial charge in [-0.15, -0.1) is 0 Å². The summed E-state index contributed by atoms with van der Waals surface area (Å²) in [5, 5.41) is 3.12. The lowest BCUT2D eigenvalue weighted by Crippen LogP contribution is -2.44. The average molecular weight is 361 g/mol. The number of nitrogens with one attached hydrogen (secondary N) is 1. The van der Waals surface area contributed by atoms with Gasteiger partial charge in [0.1, 0.15) is 5.75 Å². The molecule has 2 aliphatic rings. The van der Waals surface area contributed by atoms with Gasteiger partial charge in [-0.3, -0.25) is 14.6 Å². The first kappa shape index (κ1) is 19.1. The molecule has 3 rings (SSSR count). The van der Waals surface area contributed by atoms with E-state index in [1.807, 2.05) is 18.2 Å². The van der Waals surface area contributed by atoms with Crippen molar-refractivity contribution < 1.29 is 14.3 Å². The molecular formula is C20H31N3O3. The van der Waals surface area contributed by atoms with Crippen molar-refractivity contribution in [2.45, 2.75) is 19.4 Å². The van der Waals surface area contributed by atoms with Gasteiger partial charge in [-0.05, 0) is 32.0 Å². The maximum Gasteiger partial charge on any atom is 0.223 e. The van der Waals surface area contributed by atoms with Crippen LogP contribution in [0.1, 0.15) is 18.4 Å². The van der Waals surface area contributed by atoms with Crippen LogP contribution in [-0.2, 0) is 16.1 Å². The summed E-state index contributed by atoms with van der Waals surface area (Å²) in [6.45, 7) is 8.00. The van der Waals surface area contributed by atoms with Crippen LogP contribution in [0.2, 0.25) is 0 Å². The van der Waals surface area contributed by atoms with Crippen molar-refractivity contribution in [3.8, 4) is 5.75 Å². The third-order valence-corrected chi connectivity index (χ3v) is 5.38. The Balaban J connectivity index is 1.36. The second-order valence-electron chi connectivity index (χ2n) is 7.11. The first-order valence-corrected chi connectivity index (χ1v) is 9.68. The van der Waals surface area contributed by atoms with Crippen LogP contribution in [0.5, 0.6) is 5.75 Å². The second kappa shape index (κ2) is 9.90. The number of hydrogen-bond donors (Lipinski definition) is 1. The number of methoxy groups -OCH3 is 1. The lowest BCUT2D eigenvalue weighted by atomic mass is 9.95. The van der Waals surface area contributed by atoms with E-state index in [0.717, 1.165) is 77.6 Å². The second-order valence-corrected chi connectivity index (χ2v) is 7.11. The summed E-state index contributed by atoms with van der Waals surface area (Å²) in [7, 11) is 1.71. The zero-order valence-electron chi connectivity index (χ0n) is 15.8. The number of ether oxygens (including phenoxy) is 2. The number of likely N-dealkylation sites (tertiary alicyclic amines) is 1. The number of carbonyl (C=O) groups excluding carboxylic acids is 1. The summed E-state index contributed by atoms with van der Waals surface area (Å²) in [5.41, 5.74) is 1.21. The number of morpholine rings is 1. The molecule has 0 radical (unpaired) electrons. The number of benzene rings is 1. The highest BCUT2D eigenvalue weighted by atomic mass is 16.5. The molecule has 1 aromatic rings. The number of nitrogens with zero attached hydrogens (tertiary/aromatic N) is 2. The Hall–Kier alpha value is -1.63. The van der Waals surface area contributed by atoms with Crippen LogP contribution in [0.25, 0.3) is 0 Å². The quantitative estimate of drug-likeness (QED) is 0.795. The largest absolute Gasteiger partial charge is 0.496 e. The van der Waals surface area contributed by atoms with E-state index in [-0.39, 0.29) is 11.8 Å². The predicted octanol–water partition coefficient (Wildman–Crippen LogP) is 1.36. The van der Waals surface area contributed by atoms with Gasteiger partial charge in [-0.2, -0.15) is 0 Å². The van der Waals surface area contributed by atoms with E-state index in [2.05, 4.69) is 21.2 Å². The van der Waals surface area contributed by atoms with E-state index in [1.54, 1.807) is 7.11 Å². The van der Waals surface area contributed by atoms with Gasteiger partial charge in [-0.25, -0.2) is 0 Å². The Kier molecular flexibility index (Phi) is 7.29. The lowest BCUT2D eigenvalue weighted by Gasteiger charge is -2.32. The van der Waals surface area contributed by atoms with Crippen molar-refractivity contribution in [2.75, 3.05) is 59.6 Å². The van der Waals surface area contributed by atoms with E-state index in [1.165, 1.54) is 5.56 Å². The number of para-hydroxylation sites is 1. The van der Waals surface area contributed by atoms with Crippen molar-refractivity contribution in [2.24, 2.45) is 5.92 Å². The third kappa shape index (κ3) is 5.43. The fraction of sp³-hybridized carbons (Fsp3) is 0.650. The van der Waals surface area contributed by atoms with Gasteiger partial charge in [0.15, 0.2) is 0 Å². The summed E-state index contributed by atoms with van der Waals surface area (Å²) in [6, 6.07) is 8.16. The van der Waals surface area contributed by atoms with Crippen LogP contribution in [-0.4, -0.2) is 75.3 Å². The van der Waals surface area contributed by atoms with Gasteiger partial charge >= 0.3 is 0 Å². The third-order valence-electron chi connectivity index (χ3n) is 5.38. The first-order chi connectivity index (χ1) is 12.8. The number of rotatable bonds is 7. The molecule has 144 valence electrons. The minimum Gasteiger partial charge on any atom is -0.496 e. The fourth-order valence-corrected chi connectivity index (χ4v) is 3.73. The maximum absolute atomic E-state index is 12.4. The highest BCUT2D eigenvalue weighted by molar-refractivity contribution is 5.78. The van der Waals surface area contributed by atoms with Gasteiger partial charge in [-0.1, -0.05) is 18.2 Å². The zero-order valence-corrected chi connectivity index (χ0v) is 15.8. The number of piperidine rings is 1. The summed E-state index contributed by atoms with van der Waals surface area (Å²) < 4.78 is 10.8. The van der Waals surface area contributed by atoms with Crippen molar-refractivity contribution >= 4 is 5.91 Å². The highest BCUT2D eigenvalue weighted by Gasteiger charge is 2.25. The van der Waals surface area contributed by atoms with E-state index >= 15 is 0 Å². The molecular weight excluding hydrogens is 330 g/mol. The molecule has 0 atom stereocenters. The minimum absolute atomic E-state index is 0.147. The summed E-state index contributed by atoms with van der Waals surface area (Å²) in [5.74, 6) is 1.30. The van der Waals surface area contributed by atoms with Crippen LogP contribution in [0.3, 0.4) is 0 Å². The summed E-state index contributed by atoms with van der Waals surface area (Å²) in [6.07, 6.45) is 1.86. The van der Waals surface area contributed by atoms with Crippen LogP contribution in [0, 0.1) is 5.92 Å². The Morgan fingerprint density at radius 2 is 1.88 bits per heavy atom. The van der Waals surface area contributed by atoms with Crippen LogP contribution < -0.4 is 10.1 Å². The van der Waals surface area contributed by atoms with Gasteiger partial charge in [0.2, 0.25) is 5.91 Å². The molecule has 26 heavy (non-hydrogen) atoms. The zero-order chi connectivity index (χ0) is 18.2. The van der Waals surface area contributed by atoms with E-state index in [0.29, 0.717) is 0 Å². The molecule has 0 bridgehead atoms. The highest BCUT2D eigenvalue weighted by Crippen LogP contribution is 2.23. The van der Waals surface area contributed by atoms with Gasteiger partial charge in [0.05, 0.1) is 20.3 Å². The minimum atomic E-state index is 0.147. The van der Waals surface area contributed by atoms with Crippen LogP contribution >= 0.6 is 0 Å². The van der Waals surface area contributed by atoms with Gasteiger partial charge in [0.25, 0.3) is 0 Å². The topological polar surface area (TPSA) is 54.0 Å². The SMILES string of the molecule is COc1ccccc1CN1CCC(C(=O)NCCN2CCOCC2)CC1. The van der Waals surface area contributed by atoms with E-state index < -0.39 is 0 Å². The molecule has 0 spiro atoms. The molecule has 0 aromatic heterocycles. The number of amides is 1. The molecule has 6 heteroatoms. The van der Waals surface area contributed by atoms with E-state index in [9.17, 15) is 4.79 Å². The smallest absolute Gasteiger partial charge is 0.223 e. The van der Waals surface area contributed by atoms with Crippen molar-refractivity contribution in [3.05, 3.63) is 29.8 Å². The predicted molar refractivity (Wildman–Crippen MR) is 101 cm³/mol.